The van der Waals surface area contributed by atoms with Crippen molar-refractivity contribution in [1.82, 2.24) is 0 Å². The van der Waals surface area contributed by atoms with Crippen LogP contribution < -0.4 is 0 Å². The molecule has 16 heavy (non-hydrogen) atoms. The topological polar surface area (TPSA) is 73.9 Å². The first-order chi connectivity index (χ1) is 7.74. The fourth-order valence-corrected chi connectivity index (χ4v) is 1.39. The van der Waals surface area contributed by atoms with E-state index in [1.807, 2.05) is 6.07 Å². The number of nitrogens with zero attached hydrogens (tertiary/aromatic N) is 2. The quantitative estimate of drug-likeness (QED) is 0.716. The lowest BCUT2D eigenvalue weighted by Gasteiger charge is -2.13. The van der Waals surface area contributed by atoms with Crippen molar-refractivity contribution in [3.05, 3.63) is 35.9 Å². The molecule has 1 rings (SSSR count). The number of hydrogen-bond donors (Lipinski definition) is 0. The van der Waals surface area contributed by atoms with Crippen molar-refractivity contribution in [2.24, 2.45) is 5.92 Å². The minimum absolute atomic E-state index is 0.641. The summed E-state index contributed by atoms with van der Waals surface area (Å²) in [7, 11) is 1.20. The number of benzene rings is 1. The summed E-state index contributed by atoms with van der Waals surface area (Å²) in [6, 6.07) is 12.5. The Bertz CT molecular complexity index is 442. The maximum Gasteiger partial charge on any atom is 0.324 e. The number of nitriles is 2. The highest BCUT2D eigenvalue weighted by Gasteiger charge is 2.30. The Morgan fingerprint density at radius 1 is 1.25 bits per heavy atom. The highest BCUT2D eigenvalue weighted by atomic mass is 16.5. The van der Waals surface area contributed by atoms with Crippen molar-refractivity contribution in [3.63, 3.8) is 0 Å². The van der Waals surface area contributed by atoms with Crippen LogP contribution in [0, 0.1) is 28.6 Å². The van der Waals surface area contributed by atoms with Crippen molar-refractivity contribution >= 4 is 5.97 Å². The Morgan fingerprint density at radius 3 is 2.31 bits per heavy atom. The van der Waals surface area contributed by atoms with E-state index >= 15 is 0 Å². The van der Waals surface area contributed by atoms with Gasteiger partial charge in [-0.1, -0.05) is 30.3 Å². The van der Waals surface area contributed by atoms with E-state index in [1.165, 1.54) is 7.11 Å². The molecule has 0 radical (unpaired) electrons. The zero-order valence-electron chi connectivity index (χ0n) is 8.75. The third-order valence-electron chi connectivity index (χ3n) is 2.23. The Hall–Kier alpha value is -2.33. The summed E-state index contributed by atoms with van der Waals surface area (Å²) in [6.07, 6.45) is 0. The number of methoxy groups -OCH3 is 1. The smallest absolute Gasteiger partial charge is 0.324 e. The summed E-state index contributed by atoms with van der Waals surface area (Å²) in [4.78, 5) is 11.3. The maximum atomic E-state index is 11.3. The van der Waals surface area contributed by atoms with Crippen LogP contribution in [0.2, 0.25) is 0 Å². The van der Waals surface area contributed by atoms with Gasteiger partial charge in [0.1, 0.15) is 0 Å². The summed E-state index contributed by atoms with van der Waals surface area (Å²) in [5.41, 5.74) is 0.641. The number of hydrogen-bond acceptors (Lipinski definition) is 4. The molecule has 1 aromatic carbocycles. The van der Waals surface area contributed by atoms with Crippen LogP contribution in [0.25, 0.3) is 0 Å². The van der Waals surface area contributed by atoms with Crippen molar-refractivity contribution in [3.8, 4) is 12.1 Å². The van der Waals surface area contributed by atoms with Gasteiger partial charge in [0, 0.05) is 0 Å². The molecule has 0 aliphatic heterocycles. The molecule has 0 bridgehead atoms. The zero-order chi connectivity index (χ0) is 12.0. The molecule has 0 heterocycles. The molecule has 0 N–H and O–H groups in total. The van der Waals surface area contributed by atoms with Crippen LogP contribution >= 0.6 is 0 Å². The standard InChI is InChI=1S/C12H10N2O2/c1-16-12(15)11(8-14)10(7-13)9-5-3-2-4-6-9/h2-6,10-11H,1H3/t10-,11+/m0/s1. The minimum Gasteiger partial charge on any atom is -0.468 e. The van der Waals surface area contributed by atoms with E-state index in [9.17, 15) is 4.79 Å². The predicted octanol–water partition coefficient (Wildman–Crippen LogP) is 1.61. The summed E-state index contributed by atoms with van der Waals surface area (Å²) in [5.74, 6) is -2.56. The van der Waals surface area contributed by atoms with E-state index < -0.39 is 17.8 Å². The van der Waals surface area contributed by atoms with Crippen LogP contribution in [0.3, 0.4) is 0 Å². The molecule has 0 saturated heterocycles. The SMILES string of the molecule is COC(=O)[C@H](C#N)[C@@H](C#N)c1ccccc1. The number of ether oxygens (including phenoxy) is 1. The van der Waals surface area contributed by atoms with Gasteiger partial charge in [-0.05, 0) is 5.56 Å². The first-order valence-corrected chi connectivity index (χ1v) is 4.66. The first kappa shape index (κ1) is 11.7. The van der Waals surface area contributed by atoms with E-state index in [4.69, 9.17) is 10.5 Å². The fourth-order valence-electron chi connectivity index (χ4n) is 1.39. The molecule has 0 spiro atoms. The second-order valence-corrected chi connectivity index (χ2v) is 3.15. The molecule has 2 atom stereocenters. The Balaban J connectivity index is 3.04. The average molecular weight is 214 g/mol. The van der Waals surface area contributed by atoms with Gasteiger partial charge in [0.25, 0.3) is 0 Å². The zero-order valence-corrected chi connectivity index (χ0v) is 8.75. The highest BCUT2D eigenvalue weighted by Crippen LogP contribution is 2.24. The normalized spacial score (nSPS) is 12.9. The molecule has 4 nitrogen and oxygen atoms in total. The van der Waals surface area contributed by atoms with Crippen LogP contribution in [0.4, 0.5) is 0 Å². The Morgan fingerprint density at radius 2 is 1.88 bits per heavy atom. The predicted molar refractivity (Wildman–Crippen MR) is 55.9 cm³/mol. The van der Waals surface area contributed by atoms with Gasteiger partial charge in [0.05, 0.1) is 25.2 Å². The molecule has 80 valence electrons. The summed E-state index contributed by atoms with van der Waals surface area (Å²) < 4.78 is 4.49. The summed E-state index contributed by atoms with van der Waals surface area (Å²) >= 11 is 0. The van der Waals surface area contributed by atoms with Crippen LogP contribution in [0.5, 0.6) is 0 Å². The van der Waals surface area contributed by atoms with Crippen molar-refractivity contribution in [2.45, 2.75) is 5.92 Å². The van der Waals surface area contributed by atoms with Gasteiger partial charge in [0.15, 0.2) is 5.92 Å². The minimum atomic E-state index is -1.09. The van der Waals surface area contributed by atoms with Gasteiger partial charge in [-0.2, -0.15) is 10.5 Å². The Labute approximate surface area is 93.7 Å². The molecule has 0 amide bonds. The van der Waals surface area contributed by atoms with Crippen molar-refractivity contribution in [2.75, 3.05) is 7.11 Å². The monoisotopic (exact) mass is 214 g/mol. The molecule has 0 saturated carbocycles. The number of esters is 1. The van der Waals surface area contributed by atoms with E-state index in [2.05, 4.69) is 4.74 Å². The van der Waals surface area contributed by atoms with Gasteiger partial charge >= 0.3 is 5.97 Å². The lowest BCUT2D eigenvalue weighted by Crippen LogP contribution is -2.21. The molecule has 1 aromatic rings. The molecule has 0 aromatic heterocycles. The Kier molecular flexibility index (Phi) is 4.06. The second-order valence-electron chi connectivity index (χ2n) is 3.15. The number of carbonyl (C=O) groups excluding carboxylic acids is 1. The first-order valence-electron chi connectivity index (χ1n) is 4.66. The molecule has 0 aliphatic carbocycles. The van der Waals surface area contributed by atoms with Gasteiger partial charge in [-0.3, -0.25) is 4.79 Å². The van der Waals surface area contributed by atoms with E-state index in [0.717, 1.165) is 0 Å². The average Bonchev–Trinajstić information content (AvgIpc) is 2.36. The molecular weight excluding hydrogens is 204 g/mol. The molecule has 4 heteroatoms. The number of carbonyl (C=O) groups is 1. The largest absolute Gasteiger partial charge is 0.468 e. The highest BCUT2D eigenvalue weighted by molar-refractivity contribution is 5.77. The fraction of sp³-hybridized carbons (Fsp3) is 0.250. The lowest BCUT2D eigenvalue weighted by atomic mass is 9.88. The van der Waals surface area contributed by atoms with Gasteiger partial charge in [-0.25, -0.2) is 0 Å². The van der Waals surface area contributed by atoms with Gasteiger partial charge in [0.2, 0.25) is 0 Å². The van der Waals surface area contributed by atoms with Crippen LogP contribution in [-0.2, 0) is 9.53 Å². The van der Waals surface area contributed by atoms with E-state index in [0.29, 0.717) is 5.56 Å². The lowest BCUT2D eigenvalue weighted by molar-refractivity contribution is -0.143. The third-order valence-corrected chi connectivity index (χ3v) is 2.23. The molecule has 0 fully saturated rings. The van der Waals surface area contributed by atoms with Gasteiger partial charge < -0.3 is 4.74 Å². The number of rotatable bonds is 3. The van der Waals surface area contributed by atoms with Crippen LogP contribution in [-0.4, -0.2) is 13.1 Å². The van der Waals surface area contributed by atoms with Crippen molar-refractivity contribution < 1.29 is 9.53 Å². The second kappa shape index (κ2) is 5.53. The summed E-state index contributed by atoms with van der Waals surface area (Å²) in [5, 5.41) is 17.9. The molecular formula is C12H10N2O2. The maximum absolute atomic E-state index is 11.3. The van der Waals surface area contributed by atoms with Gasteiger partial charge in [-0.15, -0.1) is 0 Å². The van der Waals surface area contributed by atoms with Crippen LogP contribution in [0.15, 0.2) is 30.3 Å². The van der Waals surface area contributed by atoms with Crippen molar-refractivity contribution in [1.29, 1.82) is 10.5 Å². The third kappa shape index (κ3) is 2.37. The molecule has 0 aliphatic rings. The van der Waals surface area contributed by atoms with E-state index in [-0.39, 0.29) is 0 Å². The van der Waals surface area contributed by atoms with Crippen LogP contribution in [0.1, 0.15) is 11.5 Å². The molecule has 0 unspecified atom stereocenters. The summed E-state index contributed by atoms with van der Waals surface area (Å²) in [6.45, 7) is 0. The van der Waals surface area contributed by atoms with E-state index in [1.54, 1.807) is 36.4 Å².